The van der Waals surface area contributed by atoms with Gasteiger partial charge in [0.2, 0.25) is 0 Å². The highest BCUT2D eigenvalue weighted by molar-refractivity contribution is 6.32. The fourth-order valence-electron chi connectivity index (χ4n) is 4.69. The number of ether oxygens (including phenoxy) is 2. The van der Waals surface area contributed by atoms with Crippen LogP contribution in [0.1, 0.15) is 55.0 Å². The summed E-state index contributed by atoms with van der Waals surface area (Å²) >= 11 is 12.5. The largest absolute Gasteiger partial charge is 0.493 e. The van der Waals surface area contributed by atoms with E-state index in [0.29, 0.717) is 50.4 Å². The molecule has 1 saturated carbocycles. The molecule has 0 aliphatic heterocycles. The molecular weight excluding hydrogens is 509 g/mol. The van der Waals surface area contributed by atoms with E-state index in [-0.39, 0.29) is 11.5 Å². The predicted octanol–water partition coefficient (Wildman–Crippen LogP) is 7.22. The van der Waals surface area contributed by atoms with Crippen LogP contribution in [0.4, 0.5) is 0 Å². The Morgan fingerprint density at radius 2 is 1.81 bits per heavy atom. The topological polar surface area (TPSA) is 65.7 Å². The number of nitrogens with zero attached hydrogens (tertiary/aromatic N) is 3. The molecule has 1 aromatic heterocycles. The molecule has 0 unspecified atom stereocenters. The highest BCUT2D eigenvalue weighted by atomic mass is 35.5. The number of benzene rings is 3. The molecule has 0 N–H and O–H groups in total. The number of para-hydroxylation sites is 1. The molecular formula is C29H27Cl2N3O3. The van der Waals surface area contributed by atoms with Crippen LogP contribution in [0.2, 0.25) is 10.0 Å². The van der Waals surface area contributed by atoms with Crippen LogP contribution >= 0.6 is 23.2 Å². The van der Waals surface area contributed by atoms with Crippen molar-refractivity contribution in [2.75, 3.05) is 7.11 Å². The lowest BCUT2D eigenvalue weighted by atomic mass is 9.88. The van der Waals surface area contributed by atoms with Crippen LogP contribution < -0.4 is 15.0 Å². The number of hydrogen-bond donors (Lipinski definition) is 0. The normalized spacial score (nSPS) is 14.4. The summed E-state index contributed by atoms with van der Waals surface area (Å²) in [5.41, 5.74) is 2.15. The number of aromatic nitrogens is 2. The maximum Gasteiger partial charge on any atom is 0.282 e. The van der Waals surface area contributed by atoms with Crippen molar-refractivity contribution in [1.29, 1.82) is 0 Å². The standard InChI is InChI=1S/C29H27Cl2N3O3/c1-36-26-16-20(15-24(31)27(26)37-18-19-11-13-22(30)14-12-19)17-32-34-28(21-7-3-2-4-8-21)33-25-10-6-5-9-23(25)29(34)35/h5-6,9-17,21H,2-4,7-8,18H2,1H3. The monoisotopic (exact) mass is 535 g/mol. The van der Waals surface area contributed by atoms with Gasteiger partial charge in [0.25, 0.3) is 5.56 Å². The van der Waals surface area contributed by atoms with Gasteiger partial charge in [-0.15, -0.1) is 0 Å². The first-order valence-electron chi connectivity index (χ1n) is 12.3. The summed E-state index contributed by atoms with van der Waals surface area (Å²) in [7, 11) is 1.56. The Bertz CT molecular complexity index is 1490. The Hall–Kier alpha value is -3.35. The van der Waals surface area contributed by atoms with Gasteiger partial charge in [-0.1, -0.05) is 66.7 Å². The van der Waals surface area contributed by atoms with Crippen molar-refractivity contribution in [3.63, 3.8) is 0 Å². The lowest BCUT2D eigenvalue weighted by Crippen LogP contribution is -2.25. The van der Waals surface area contributed by atoms with Crippen molar-refractivity contribution >= 4 is 40.3 Å². The van der Waals surface area contributed by atoms with Crippen LogP contribution in [0.15, 0.2) is 70.6 Å². The van der Waals surface area contributed by atoms with Crippen LogP contribution in [0.25, 0.3) is 10.9 Å². The number of hydrogen-bond acceptors (Lipinski definition) is 5. The molecule has 0 radical (unpaired) electrons. The number of rotatable bonds is 7. The van der Waals surface area contributed by atoms with Crippen LogP contribution in [0, 0.1) is 0 Å². The second-order valence-corrected chi connectivity index (χ2v) is 9.98. The zero-order valence-electron chi connectivity index (χ0n) is 20.5. The smallest absolute Gasteiger partial charge is 0.282 e. The summed E-state index contributed by atoms with van der Waals surface area (Å²) in [4.78, 5) is 18.3. The van der Waals surface area contributed by atoms with Gasteiger partial charge >= 0.3 is 0 Å². The molecule has 0 saturated heterocycles. The summed E-state index contributed by atoms with van der Waals surface area (Å²) in [6.07, 6.45) is 7.08. The molecule has 190 valence electrons. The second kappa shape index (κ2) is 11.4. The third-order valence-electron chi connectivity index (χ3n) is 6.62. The first-order chi connectivity index (χ1) is 18.0. The molecule has 0 bridgehead atoms. The minimum atomic E-state index is -0.177. The maximum atomic E-state index is 13.4. The van der Waals surface area contributed by atoms with Crippen molar-refractivity contribution in [3.8, 4) is 11.5 Å². The lowest BCUT2D eigenvalue weighted by molar-refractivity contribution is 0.284. The Labute approximate surface area is 225 Å². The van der Waals surface area contributed by atoms with Crippen molar-refractivity contribution < 1.29 is 9.47 Å². The summed E-state index contributed by atoms with van der Waals surface area (Å²) in [6.45, 7) is 0.309. The Morgan fingerprint density at radius 1 is 1.05 bits per heavy atom. The van der Waals surface area contributed by atoms with Crippen molar-refractivity contribution in [1.82, 2.24) is 9.66 Å². The molecule has 0 amide bonds. The van der Waals surface area contributed by atoms with E-state index in [4.69, 9.17) is 37.7 Å². The fraction of sp³-hybridized carbons (Fsp3) is 0.276. The van der Waals surface area contributed by atoms with E-state index in [1.165, 1.54) is 11.1 Å². The molecule has 1 aliphatic carbocycles. The van der Waals surface area contributed by atoms with E-state index in [1.807, 2.05) is 42.5 Å². The Morgan fingerprint density at radius 3 is 2.57 bits per heavy atom. The van der Waals surface area contributed by atoms with Crippen LogP contribution in [-0.4, -0.2) is 23.0 Å². The first-order valence-corrected chi connectivity index (χ1v) is 13.1. The second-order valence-electron chi connectivity index (χ2n) is 9.13. The van der Waals surface area contributed by atoms with E-state index in [0.717, 1.165) is 31.2 Å². The van der Waals surface area contributed by atoms with Gasteiger partial charge in [0, 0.05) is 10.9 Å². The third kappa shape index (κ3) is 5.65. The van der Waals surface area contributed by atoms with E-state index < -0.39 is 0 Å². The van der Waals surface area contributed by atoms with Gasteiger partial charge in [-0.25, -0.2) is 4.98 Å². The summed E-state index contributed by atoms with van der Waals surface area (Å²) in [5.74, 6) is 1.81. The molecule has 1 aliphatic rings. The van der Waals surface area contributed by atoms with E-state index in [2.05, 4.69) is 5.10 Å². The van der Waals surface area contributed by atoms with Gasteiger partial charge in [0.15, 0.2) is 11.5 Å². The Kier molecular flexibility index (Phi) is 7.77. The Balaban J connectivity index is 1.47. The average Bonchev–Trinajstić information content (AvgIpc) is 2.93. The molecule has 0 spiro atoms. The van der Waals surface area contributed by atoms with Gasteiger partial charge in [0.05, 0.1) is 29.2 Å². The van der Waals surface area contributed by atoms with Gasteiger partial charge in [0.1, 0.15) is 12.4 Å². The van der Waals surface area contributed by atoms with E-state index in [9.17, 15) is 4.79 Å². The van der Waals surface area contributed by atoms with E-state index in [1.54, 1.807) is 31.5 Å². The summed E-state index contributed by atoms with van der Waals surface area (Å²) in [5, 5.41) is 6.18. The summed E-state index contributed by atoms with van der Waals surface area (Å²) < 4.78 is 13.0. The number of methoxy groups -OCH3 is 1. The zero-order valence-corrected chi connectivity index (χ0v) is 22.0. The van der Waals surface area contributed by atoms with Gasteiger partial charge in [-0.3, -0.25) is 4.79 Å². The fourth-order valence-corrected chi connectivity index (χ4v) is 5.09. The lowest BCUT2D eigenvalue weighted by Gasteiger charge is -2.22. The molecule has 0 atom stereocenters. The van der Waals surface area contributed by atoms with Crippen LogP contribution in [0.3, 0.4) is 0 Å². The number of fused-ring (bicyclic) bond motifs is 1. The molecule has 8 heteroatoms. The average molecular weight is 536 g/mol. The van der Waals surface area contributed by atoms with Crippen LogP contribution in [-0.2, 0) is 6.61 Å². The van der Waals surface area contributed by atoms with Crippen molar-refractivity contribution in [2.45, 2.75) is 44.6 Å². The van der Waals surface area contributed by atoms with E-state index >= 15 is 0 Å². The van der Waals surface area contributed by atoms with Gasteiger partial charge in [-0.05, 0) is 60.4 Å². The molecule has 5 rings (SSSR count). The van der Waals surface area contributed by atoms with Gasteiger partial charge in [-0.2, -0.15) is 9.78 Å². The number of halogens is 2. The minimum absolute atomic E-state index is 0.177. The summed E-state index contributed by atoms with van der Waals surface area (Å²) in [6, 6.07) is 18.3. The zero-order chi connectivity index (χ0) is 25.8. The molecule has 1 fully saturated rings. The highest BCUT2D eigenvalue weighted by Gasteiger charge is 2.22. The van der Waals surface area contributed by atoms with Crippen molar-refractivity contribution in [2.24, 2.45) is 5.10 Å². The third-order valence-corrected chi connectivity index (χ3v) is 7.15. The SMILES string of the molecule is COc1cc(C=Nn2c(C3CCCCC3)nc3ccccc3c2=O)cc(Cl)c1OCc1ccc(Cl)cc1. The molecule has 4 aromatic rings. The predicted molar refractivity (Wildman–Crippen MR) is 149 cm³/mol. The minimum Gasteiger partial charge on any atom is -0.493 e. The van der Waals surface area contributed by atoms with Crippen molar-refractivity contribution in [3.05, 3.63) is 98.0 Å². The van der Waals surface area contributed by atoms with Gasteiger partial charge < -0.3 is 9.47 Å². The maximum absolute atomic E-state index is 13.4. The molecule has 1 heterocycles. The molecule has 37 heavy (non-hydrogen) atoms. The first kappa shape index (κ1) is 25.3. The van der Waals surface area contributed by atoms with Crippen LogP contribution in [0.5, 0.6) is 11.5 Å². The highest BCUT2D eigenvalue weighted by Crippen LogP contribution is 2.37. The molecule has 3 aromatic carbocycles. The quantitative estimate of drug-likeness (QED) is 0.234. The molecule has 6 nitrogen and oxygen atoms in total.